The molecular formula is C12H14BrN3O2. The van der Waals surface area contributed by atoms with E-state index in [1.807, 2.05) is 25.1 Å². The molecule has 4 N–H and O–H groups in total. The molecule has 0 saturated heterocycles. The fraction of sp³-hybridized carbons (Fsp3) is 0.333. The summed E-state index contributed by atoms with van der Waals surface area (Å²) in [4.78, 5) is 12.1. The molecular weight excluding hydrogens is 298 g/mol. The molecule has 0 radical (unpaired) electrons. The average Bonchev–Trinajstić information content (AvgIpc) is 3.14. The van der Waals surface area contributed by atoms with Gasteiger partial charge in [0, 0.05) is 10.2 Å². The first-order chi connectivity index (χ1) is 8.49. The number of amides is 1. The van der Waals surface area contributed by atoms with Crippen molar-refractivity contribution in [2.24, 2.45) is 16.3 Å². The van der Waals surface area contributed by atoms with Crippen LogP contribution in [0.1, 0.15) is 18.4 Å². The Morgan fingerprint density at radius 3 is 2.72 bits per heavy atom. The molecule has 1 aliphatic carbocycles. The van der Waals surface area contributed by atoms with Gasteiger partial charge in [0.1, 0.15) is 5.41 Å². The molecule has 0 unspecified atom stereocenters. The van der Waals surface area contributed by atoms with Gasteiger partial charge in [0.25, 0.3) is 0 Å². The number of hydrogen-bond acceptors (Lipinski definition) is 3. The lowest BCUT2D eigenvalue weighted by Gasteiger charge is -2.14. The van der Waals surface area contributed by atoms with E-state index in [1.54, 1.807) is 0 Å². The lowest BCUT2D eigenvalue weighted by molar-refractivity contribution is -0.119. The van der Waals surface area contributed by atoms with Crippen molar-refractivity contribution in [1.82, 2.24) is 0 Å². The highest BCUT2D eigenvalue weighted by atomic mass is 79.9. The fourth-order valence-electron chi connectivity index (χ4n) is 1.74. The van der Waals surface area contributed by atoms with Crippen LogP contribution in [0.5, 0.6) is 0 Å². The number of amidine groups is 1. The summed E-state index contributed by atoms with van der Waals surface area (Å²) in [7, 11) is 0. The third-order valence-corrected chi connectivity index (χ3v) is 4.07. The van der Waals surface area contributed by atoms with Crippen molar-refractivity contribution in [3.8, 4) is 0 Å². The molecule has 6 heteroatoms. The summed E-state index contributed by atoms with van der Waals surface area (Å²) in [6, 6.07) is 5.55. The van der Waals surface area contributed by atoms with E-state index in [1.165, 1.54) is 0 Å². The number of benzene rings is 1. The number of halogens is 1. The van der Waals surface area contributed by atoms with Crippen LogP contribution in [-0.2, 0) is 4.79 Å². The van der Waals surface area contributed by atoms with Crippen LogP contribution in [0.3, 0.4) is 0 Å². The fourth-order valence-corrected chi connectivity index (χ4v) is 2.12. The van der Waals surface area contributed by atoms with E-state index >= 15 is 0 Å². The molecule has 1 aromatic rings. The van der Waals surface area contributed by atoms with Gasteiger partial charge in [-0.25, -0.2) is 0 Å². The Morgan fingerprint density at radius 1 is 1.56 bits per heavy atom. The standard InChI is InChI=1S/C12H14BrN3O2/c1-7-2-3-8(6-9(7)13)15-11(17)12(4-5-12)10(14)16-18/h2-3,6,18H,4-5H2,1H3,(H2,14,16)(H,15,17). The topological polar surface area (TPSA) is 87.7 Å². The van der Waals surface area contributed by atoms with Crippen molar-refractivity contribution < 1.29 is 10.0 Å². The zero-order valence-electron chi connectivity index (χ0n) is 9.90. The van der Waals surface area contributed by atoms with Crippen LogP contribution in [0.2, 0.25) is 0 Å². The van der Waals surface area contributed by atoms with Gasteiger partial charge in [0.05, 0.1) is 0 Å². The first kappa shape index (κ1) is 12.9. The van der Waals surface area contributed by atoms with Crippen molar-refractivity contribution in [1.29, 1.82) is 0 Å². The molecule has 0 spiro atoms. The largest absolute Gasteiger partial charge is 0.409 e. The Morgan fingerprint density at radius 2 is 2.22 bits per heavy atom. The van der Waals surface area contributed by atoms with Crippen LogP contribution in [0, 0.1) is 12.3 Å². The molecule has 96 valence electrons. The van der Waals surface area contributed by atoms with Gasteiger partial charge in [-0.2, -0.15) is 0 Å². The monoisotopic (exact) mass is 311 g/mol. The molecule has 0 bridgehead atoms. The van der Waals surface area contributed by atoms with Crippen LogP contribution >= 0.6 is 15.9 Å². The number of oxime groups is 1. The quantitative estimate of drug-likeness (QED) is 0.346. The van der Waals surface area contributed by atoms with E-state index in [4.69, 9.17) is 10.9 Å². The maximum Gasteiger partial charge on any atom is 0.238 e. The second-order valence-corrected chi connectivity index (χ2v) is 5.34. The zero-order chi connectivity index (χ0) is 13.3. The Bertz CT molecular complexity index is 524. The molecule has 0 heterocycles. The number of carbonyl (C=O) groups is 1. The van der Waals surface area contributed by atoms with Crippen molar-refractivity contribution in [2.75, 3.05) is 5.32 Å². The van der Waals surface area contributed by atoms with Gasteiger partial charge in [-0.3, -0.25) is 4.79 Å². The minimum Gasteiger partial charge on any atom is -0.409 e. The number of carbonyl (C=O) groups excluding carboxylic acids is 1. The Kier molecular flexibility index (Phi) is 3.30. The van der Waals surface area contributed by atoms with Gasteiger partial charge < -0.3 is 16.3 Å². The van der Waals surface area contributed by atoms with Crippen molar-refractivity contribution in [3.05, 3.63) is 28.2 Å². The smallest absolute Gasteiger partial charge is 0.238 e. The third kappa shape index (κ3) is 2.20. The van der Waals surface area contributed by atoms with Crippen LogP contribution in [0.4, 0.5) is 5.69 Å². The van der Waals surface area contributed by atoms with E-state index in [0.29, 0.717) is 18.5 Å². The minimum absolute atomic E-state index is 0.0221. The summed E-state index contributed by atoms with van der Waals surface area (Å²) >= 11 is 3.40. The second-order valence-electron chi connectivity index (χ2n) is 4.49. The van der Waals surface area contributed by atoms with Gasteiger partial charge in [-0.1, -0.05) is 27.2 Å². The molecule has 2 rings (SSSR count). The van der Waals surface area contributed by atoms with Gasteiger partial charge in [0.2, 0.25) is 5.91 Å². The van der Waals surface area contributed by atoms with Gasteiger partial charge in [0.15, 0.2) is 5.84 Å². The van der Waals surface area contributed by atoms with Crippen LogP contribution in [0.25, 0.3) is 0 Å². The first-order valence-corrected chi connectivity index (χ1v) is 6.34. The lowest BCUT2D eigenvalue weighted by Crippen LogP contribution is -2.36. The summed E-state index contributed by atoms with van der Waals surface area (Å²) < 4.78 is 0.925. The average molecular weight is 312 g/mol. The molecule has 0 aromatic heterocycles. The van der Waals surface area contributed by atoms with Gasteiger partial charge in [-0.15, -0.1) is 0 Å². The molecule has 0 atom stereocenters. The Labute approximate surface area is 113 Å². The summed E-state index contributed by atoms with van der Waals surface area (Å²) in [5.74, 6) is -0.250. The molecule has 1 aliphatic rings. The summed E-state index contributed by atoms with van der Waals surface area (Å²) in [6.45, 7) is 1.97. The number of hydrogen-bond donors (Lipinski definition) is 3. The van der Waals surface area contributed by atoms with Crippen LogP contribution in [-0.4, -0.2) is 17.0 Å². The van der Waals surface area contributed by atoms with Crippen molar-refractivity contribution in [2.45, 2.75) is 19.8 Å². The first-order valence-electron chi connectivity index (χ1n) is 5.55. The highest BCUT2D eigenvalue weighted by Gasteiger charge is 2.54. The van der Waals surface area contributed by atoms with Gasteiger partial charge in [-0.05, 0) is 37.5 Å². The summed E-state index contributed by atoms with van der Waals surface area (Å²) in [5.41, 5.74) is 6.50. The van der Waals surface area contributed by atoms with Crippen molar-refractivity contribution in [3.63, 3.8) is 0 Å². The molecule has 1 saturated carbocycles. The number of aryl methyl sites for hydroxylation is 1. The van der Waals surface area contributed by atoms with Gasteiger partial charge >= 0.3 is 0 Å². The molecule has 5 nitrogen and oxygen atoms in total. The van der Waals surface area contributed by atoms with E-state index in [9.17, 15) is 4.79 Å². The number of nitrogens with one attached hydrogen (secondary N) is 1. The predicted molar refractivity (Wildman–Crippen MR) is 72.6 cm³/mol. The van der Waals surface area contributed by atoms with E-state index in [-0.39, 0.29) is 11.7 Å². The van der Waals surface area contributed by atoms with E-state index < -0.39 is 5.41 Å². The summed E-state index contributed by atoms with van der Waals surface area (Å²) in [5, 5.41) is 14.4. The number of rotatable bonds is 3. The highest BCUT2D eigenvalue weighted by molar-refractivity contribution is 9.10. The Hall–Kier alpha value is -1.56. The normalized spacial score (nSPS) is 17.3. The molecule has 1 aromatic carbocycles. The number of anilines is 1. The SMILES string of the molecule is Cc1ccc(NC(=O)C2(/C(N)=N/O)CC2)cc1Br. The molecule has 18 heavy (non-hydrogen) atoms. The van der Waals surface area contributed by atoms with E-state index in [2.05, 4.69) is 26.4 Å². The maximum atomic E-state index is 12.1. The zero-order valence-corrected chi connectivity index (χ0v) is 11.5. The maximum absolute atomic E-state index is 12.1. The second kappa shape index (κ2) is 4.61. The van der Waals surface area contributed by atoms with Crippen LogP contribution in [0.15, 0.2) is 27.8 Å². The third-order valence-electron chi connectivity index (χ3n) is 3.21. The number of nitrogens with zero attached hydrogens (tertiary/aromatic N) is 1. The summed E-state index contributed by atoms with van der Waals surface area (Å²) in [6.07, 6.45) is 1.23. The Balaban J connectivity index is 2.15. The highest BCUT2D eigenvalue weighted by Crippen LogP contribution is 2.46. The van der Waals surface area contributed by atoms with E-state index in [0.717, 1.165) is 10.0 Å². The predicted octanol–water partition coefficient (Wildman–Crippen LogP) is 2.22. The molecule has 1 fully saturated rings. The number of nitrogens with two attached hydrogens (primary N) is 1. The molecule has 0 aliphatic heterocycles. The minimum atomic E-state index is -0.827. The molecule has 1 amide bonds. The van der Waals surface area contributed by atoms with Crippen LogP contribution < -0.4 is 11.1 Å². The van der Waals surface area contributed by atoms with Crippen molar-refractivity contribution >= 4 is 33.4 Å². The lowest BCUT2D eigenvalue weighted by atomic mass is 10.1.